The first kappa shape index (κ1) is 10.4. The molecule has 0 aliphatic carbocycles. The van der Waals surface area contributed by atoms with Gasteiger partial charge in [-0.2, -0.15) is 5.10 Å². The molecule has 3 nitrogen and oxygen atoms in total. The minimum absolute atomic E-state index is 0.560. The molecule has 3 heteroatoms. The second-order valence-electron chi connectivity index (χ2n) is 4.41. The molecular formula is C14H16N2O. The average molecular weight is 228 g/mol. The molecule has 0 bridgehead atoms. The molecule has 0 saturated heterocycles. The lowest BCUT2D eigenvalue weighted by molar-refractivity contribution is 0.299. The number of ether oxygens (including phenoxy) is 1. The zero-order valence-corrected chi connectivity index (χ0v) is 9.80. The maximum absolute atomic E-state index is 5.69. The number of aryl methyl sites for hydroxylation is 2. The van der Waals surface area contributed by atoms with Crippen molar-refractivity contribution in [3.63, 3.8) is 0 Å². The lowest BCUT2D eigenvalue weighted by atomic mass is 10.1. The van der Waals surface area contributed by atoms with Crippen LogP contribution in [0.25, 0.3) is 0 Å². The predicted octanol–water partition coefficient (Wildman–Crippen LogP) is 2.80. The van der Waals surface area contributed by atoms with Gasteiger partial charge < -0.3 is 4.74 Å². The van der Waals surface area contributed by atoms with Gasteiger partial charge in [0, 0.05) is 12.2 Å². The predicted molar refractivity (Wildman–Crippen MR) is 65.9 cm³/mol. The van der Waals surface area contributed by atoms with Crippen LogP contribution >= 0.6 is 0 Å². The molecule has 1 aliphatic heterocycles. The van der Waals surface area contributed by atoms with Crippen molar-refractivity contribution in [2.75, 3.05) is 0 Å². The van der Waals surface area contributed by atoms with E-state index in [4.69, 9.17) is 4.74 Å². The quantitative estimate of drug-likeness (QED) is 0.807. The molecule has 0 radical (unpaired) electrons. The van der Waals surface area contributed by atoms with Crippen molar-refractivity contribution in [2.45, 2.75) is 32.4 Å². The molecule has 2 aromatic rings. The van der Waals surface area contributed by atoms with Crippen LogP contribution in [0.3, 0.4) is 0 Å². The van der Waals surface area contributed by atoms with Gasteiger partial charge in [-0.05, 0) is 37.5 Å². The molecular weight excluding hydrogens is 212 g/mol. The van der Waals surface area contributed by atoms with Gasteiger partial charge in [0.15, 0.2) is 0 Å². The highest BCUT2D eigenvalue weighted by atomic mass is 16.5. The standard InChI is InChI=1S/C14H16N2O/c1-2-7-14(8-3-1)17-11-12-10-13-6-4-5-9-16(13)15-12/h1-3,7-8,10H,4-6,9,11H2. The zero-order chi connectivity index (χ0) is 11.5. The monoisotopic (exact) mass is 228 g/mol. The summed E-state index contributed by atoms with van der Waals surface area (Å²) in [4.78, 5) is 0. The number of hydrogen-bond acceptors (Lipinski definition) is 2. The van der Waals surface area contributed by atoms with E-state index in [-0.39, 0.29) is 0 Å². The van der Waals surface area contributed by atoms with Gasteiger partial charge in [0.2, 0.25) is 0 Å². The van der Waals surface area contributed by atoms with Crippen molar-refractivity contribution >= 4 is 0 Å². The Balaban J connectivity index is 1.67. The Morgan fingerprint density at radius 3 is 2.88 bits per heavy atom. The van der Waals surface area contributed by atoms with Crippen LogP contribution in [0.1, 0.15) is 24.2 Å². The van der Waals surface area contributed by atoms with Gasteiger partial charge in [-0.15, -0.1) is 0 Å². The molecule has 0 atom stereocenters. The normalized spacial score (nSPS) is 14.4. The summed E-state index contributed by atoms with van der Waals surface area (Å²) in [6, 6.07) is 12.1. The Morgan fingerprint density at radius 2 is 2.06 bits per heavy atom. The fraction of sp³-hybridized carbons (Fsp3) is 0.357. The number of para-hydroxylation sites is 1. The first-order valence-electron chi connectivity index (χ1n) is 6.15. The Kier molecular flexibility index (Phi) is 2.82. The largest absolute Gasteiger partial charge is 0.487 e. The zero-order valence-electron chi connectivity index (χ0n) is 9.80. The van der Waals surface area contributed by atoms with Gasteiger partial charge in [0.25, 0.3) is 0 Å². The van der Waals surface area contributed by atoms with Crippen LogP contribution in [-0.4, -0.2) is 9.78 Å². The summed E-state index contributed by atoms with van der Waals surface area (Å²) < 4.78 is 7.81. The molecule has 1 aliphatic rings. The molecule has 2 heterocycles. The third-order valence-electron chi connectivity index (χ3n) is 3.10. The van der Waals surface area contributed by atoms with Gasteiger partial charge in [-0.25, -0.2) is 0 Å². The Hall–Kier alpha value is -1.77. The van der Waals surface area contributed by atoms with E-state index in [0.717, 1.165) is 24.4 Å². The van der Waals surface area contributed by atoms with Crippen LogP contribution in [-0.2, 0) is 19.6 Å². The fourth-order valence-corrected chi connectivity index (χ4v) is 2.22. The molecule has 3 rings (SSSR count). The highest BCUT2D eigenvalue weighted by molar-refractivity contribution is 5.21. The number of rotatable bonds is 3. The van der Waals surface area contributed by atoms with Gasteiger partial charge in [0.1, 0.15) is 18.1 Å². The van der Waals surface area contributed by atoms with Crippen molar-refractivity contribution in [1.82, 2.24) is 9.78 Å². The molecule has 88 valence electrons. The van der Waals surface area contributed by atoms with E-state index in [1.54, 1.807) is 0 Å². The molecule has 0 N–H and O–H groups in total. The number of benzene rings is 1. The molecule has 1 aromatic carbocycles. The lowest BCUT2D eigenvalue weighted by Crippen LogP contribution is -2.10. The highest BCUT2D eigenvalue weighted by Gasteiger charge is 2.12. The van der Waals surface area contributed by atoms with Crippen LogP contribution in [0, 0.1) is 0 Å². The summed E-state index contributed by atoms with van der Waals surface area (Å²) in [5.74, 6) is 0.901. The van der Waals surface area contributed by atoms with E-state index >= 15 is 0 Å². The van der Waals surface area contributed by atoms with E-state index in [1.807, 2.05) is 30.3 Å². The Morgan fingerprint density at radius 1 is 1.18 bits per heavy atom. The molecule has 0 amide bonds. The first-order valence-corrected chi connectivity index (χ1v) is 6.15. The third kappa shape index (κ3) is 2.33. The smallest absolute Gasteiger partial charge is 0.132 e. The Labute approximate surface area is 101 Å². The van der Waals surface area contributed by atoms with Gasteiger partial charge in [-0.3, -0.25) is 4.68 Å². The number of aromatic nitrogens is 2. The van der Waals surface area contributed by atoms with Crippen molar-refractivity contribution in [1.29, 1.82) is 0 Å². The van der Waals surface area contributed by atoms with Crippen molar-refractivity contribution in [3.05, 3.63) is 47.8 Å². The summed E-state index contributed by atoms with van der Waals surface area (Å²) >= 11 is 0. The maximum atomic E-state index is 5.69. The number of nitrogens with zero attached hydrogens (tertiary/aromatic N) is 2. The van der Waals surface area contributed by atoms with Crippen LogP contribution in [0.15, 0.2) is 36.4 Å². The van der Waals surface area contributed by atoms with E-state index < -0.39 is 0 Å². The van der Waals surface area contributed by atoms with E-state index in [1.165, 1.54) is 18.5 Å². The number of hydrogen-bond donors (Lipinski definition) is 0. The van der Waals surface area contributed by atoms with Crippen molar-refractivity contribution in [3.8, 4) is 5.75 Å². The molecule has 1 aromatic heterocycles. The maximum Gasteiger partial charge on any atom is 0.132 e. The summed E-state index contributed by atoms with van der Waals surface area (Å²) in [7, 11) is 0. The van der Waals surface area contributed by atoms with Gasteiger partial charge in [0.05, 0.1) is 0 Å². The van der Waals surface area contributed by atoms with Crippen molar-refractivity contribution < 1.29 is 4.74 Å². The summed E-state index contributed by atoms with van der Waals surface area (Å²) in [5.41, 5.74) is 2.38. The van der Waals surface area contributed by atoms with Crippen molar-refractivity contribution in [2.24, 2.45) is 0 Å². The van der Waals surface area contributed by atoms with E-state index in [0.29, 0.717) is 6.61 Å². The Bertz CT molecular complexity index is 467. The van der Waals surface area contributed by atoms with E-state index in [2.05, 4.69) is 15.8 Å². The minimum Gasteiger partial charge on any atom is -0.487 e. The average Bonchev–Trinajstić information content (AvgIpc) is 2.80. The third-order valence-corrected chi connectivity index (χ3v) is 3.10. The van der Waals surface area contributed by atoms with Crippen LogP contribution in [0.2, 0.25) is 0 Å². The fourth-order valence-electron chi connectivity index (χ4n) is 2.22. The molecule has 0 unspecified atom stereocenters. The summed E-state index contributed by atoms with van der Waals surface area (Å²) in [5, 5.41) is 4.56. The second-order valence-corrected chi connectivity index (χ2v) is 4.41. The molecule has 17 heavy (non-hydrogen) atoms. The van der Waals surface area contributed by atoms with Gasteiger partial charge >= 0.3 is 0 Å². The van der Waals surface area contributed by atoms with Gasteiger partial charge in [-0.1, -0.05) is 18.2 Å². The molecule has 0 fully saturated rings. The van der Waals surface area contributed by atoms with Crippen LogP contribution in [0.5, 0.6) is 5.75 Å². The minimum atomic E-state index is 0.560. The van der Waals surface area contributed by atoms with Crippen LogP contribution < -0.4 is 4.74 Å². The lowest BCUT2D eigenvalue weighted by Gasteiger charge is -2.11. The molecule has 0 saturated carbocycles. The first-order chi connectivity index (χ1) is 8.42. The molecule has 0 spiro atoms. The summed E-state index contributed by atoms with van der Waals surface area (Å²) in [6.45, 7) is 1.62. The van der Waals surface area contributed by atoms with E-state index in [9.17, 15) is 0 Å². The SMILES string of the molecule is c1ccc(OCc2cc3n(n2)CCCC3)cc1. The summed E-state index contributed by atoms with van der Waals surface area (Å²) in [6.07, 6.45) is 3.68. The number of fused-ring (bicyclic) bond motifs is 1. The highest BCUT2D eigenvalue weighted by Crippen LogP contribution is 2.17. The second kappa shape index (κ2) is 4.62. The topological polar surface area (TPSA) is 27.1 Å². The van der Waals surface area contributed by atoms with Crippen LogP contribution in [0.4, 0.5) is 0 Å².